The molecule has 0 aromatic carbocycles. The maximum absolute atomic E-state index is 3.44. The van der Waals surface area contributed by atoms with Crippen LogP contribution in [0.4, 0.5) is 0 Å². The van der Waals surface area contributed by atoms with Gasteiger partial charge in [-0.3, -0.25) is 0 Å². The average Bonchev–Trinajstić information content (AvgIpc) is 2.19. The Kier molecular flexibility index (Phi) is 10.4. The molecule has 0 unspecified atom stereocenters. The molecule has 0 fully saturated rings. The second kappa shape index (κ2) is 10.3. The van der Waals surface area contributed by atoms with Crippen LogP contribution in [0.15, 0.2) is 0 Å². The van der Waals surface area contributed by atoms with Gasteiger partial charge in [0.1, 0.15) is 0 Å². The maximum Gasteiger partial charge on any atom is 0.0780 e. The van der Waals surface area contributed by atoms with E-state index < -0.39 is 0 Å². The molecule has 0 rings (SSSR count). The number of nitrogens with zero attached hydrogens (tertiary/aromatic N) is 1. The van der Waals surface area contributed by atoms with Crippen molar-refractivity contribution in [2.75, 3.05) is 40.4 Å². The molecular formula is C13H33N2Si+. The minimum Gasteiger partial charge on any atom is -0.331 e. The summed E-state index contributed by atoms with van der Waals surface area (Å²) < 4.78 is 1.12. The molecule has 2 nitrogen and oxygen atoms in total. The minimum absolute atomic E-state index is 1.12. The van der Waals surface area contributed by atoms with Crippen molar-refractivity contribution in [3.8, 4) is 0 Å². The summed E-state index contributed by atoms with van der Waals surface area (Å²) >= 11 is 0. The second-order valence-corrected chi connectivity index (χ2v) is 6.55. The van der Waals surface area contributed by atoms with Gasteiger partial charge in [-0.1, -0.05) is 25.7 Å². The van der Waals surface area contributed by atoms with E-state index in [2.05, 4.69) is 26.5 Å². The molecule has 0 spiro atoms. The van der Waals surface area contributed by atoms with Crippen molar-refractivity contribution in [3.63, 3.8) is 0 Å². The quantitative estimate of drug-likeness (QED) is 0.329. The summed E-state index contributed by atoms with van der Waals surface area (Å²) in [6.45, 7) is 2.56. The van der Waals surface area contributed by atoms with E-state index in [9.17, 15) is 0 Å². The smallest absolute Gasteiger partial charge is 0.0780 e. The summed E-state index contributed by atoms with van der Waals surface area (Å²) in [5.74, 6) is 0. The van der Waals surface area contributed by atoms with E-state index in [0.29, 0.717) is 0 Å². The number of nitrogens with one attached hydrogen (secondary N) is 1. The van der Waals surface area contributed by atoms with E-state index in [0.717, 1.165) is 4.48 Å². The first-order valence-electron chi connectivity index (χ1n) is 7.07. The monoisotopic (exact) mass is 245 g/mol. The molecule has 0 aromatic rings. The molecule has 0 aliphatic carbocycles. The molecule has 0 saturated carbocycles. The SMILES string of the molecule is C[N+](C)(C)CCCCCCCCCNC[SiH3]. The van der Waals surface area contributed by atoms with Crippen molar-refractivity contribution in [1.82, 2.24) is 5.32 Å². The van der Waals surface area contributed by atoms with Crippen LogP contribution in [0.5, 0.6) is 0 Å². The van der Waals surface area contributed by atoms with Crippen molar-refractivity contribution in [1.29, 1.82) is 0 Å². The lowest BCUT2D eigenvalue weighted by atomic mass is 10.1. The highest BCUT2D eigenvalue weighted by atomic mass is 28.1. The Morgan fingerprint density at radius 2 is 1.31 bits per heavy atom. The van der Waals surface area contributed by atoms with Gasteiger partial charge in [-0.05, 0) is 32.0 Å². The van der Waals surface area contributed by atoms with Crippen LogP contribution >= 0.6 is 0 Å². The molecule has 0 aliphatic rings. The third kappa shape index (κ3) is 14.1. The average molecular weight is 246 g/mol. The third-order valence-electron chi connectivity index (χ3n) is 2.93. The van der Waals surface area contributed by atoms with Crippen LogP contribution < -0.4 is 5.32 Å². The molecule has 0 aliphatic heterocycles. The highest BCUT2D eigenvalue weighted by Gasteiger charge is 2.04. The molecule has 98 valence electrons. The van der Waals surface area contributed by atoms with E-state index in [1.807, 2.05) is 0 Å². The first-order valence-corrected chi connectivity index (χ1v) is 8.49. The van der Waals surface area contributed by atoms with Crippen LogP contribution in [0.25, 0.3) is 0 Å². The zero-order chi connectivity index (χ0) is 12.3. The van der Waals surface area contributed by atoms with Crippen LogP contribution in [0, 0.1) is 0 Å². The number of rotatable bonds is 11. The van der Waals surface area contributed by atoms with Crippen molar-refractivity contribution in [2.45, 2.75) is 44.9 Å². The molecule has 0 heterocycles. The summed E-state index contributed by atoms with van der Waals surface area (Å²) in [7, 11) is 8.14. The van der Waals surface area contributed by atoms with Crippen LogP contribution in [-0.4, -0.2) is 55.1 Å². The molecule has 0 amide bonds. The van der Waals surface area contributed by atoms with Gasteiger partial charge in [0, 0.05) is 10.2 Å². The van der Waals surface area contributed by atoms with Crippen LogP contribution in [0.3, 0.4) is 0 Å². The molecule has 3 heteroatoms. The van der Waals surface area contributed by atoms with Gasteiger partial charge >= 0.3 is 0 Å². The summed E-state index contributed by atoms with van der Waals surface area (Å²) in [5.41, 5.74) is 0. The van der Waals surface area contributed by atoms with Gasteiger partial charge in [0.05, 0.1) is 27.7 Å². The Morgan fingerprint density at radius 1 is 0.812 bits per heavy atom. The van der Waals surface area contributed by atoms with Gasteiger partial charge in [0.15, 0.2) is 0 Å². The molecule has 0 bridgehead atoms. The Labute approximate surface area is 106 Å². The predicted octanol–water partition coefficient (Wildman–Crippen LogP) is 1.34. The molecule has 0 aromatic heterocycles. The summed E-state index contributed by atoms with van der Waals surface area (Å²) in [6, 6.07) is 0. The van der Waals surface area contributed by atoms with Crippen LogP contribution in [0.1, 0.15) is 44.9 Å². The number of hydrogen-bond acceptors (Lipinski definition) is 1. The zero-order valence-corrected chi connectivity index (χ0v) is 14.0. The lowest BCUT2D eigenvalue weighted by Gasteiger charge is -2.23. The fourth-order valence-electron chi connectivity index (χ4n) is 1.90. The normalized spacial score (nSPS) is 12.2. The summed E-state index contributed by atoms with van der Waals surface area (Å²) in [4.78, 5) is 0. The van der Waals surface area contributed by atoms with Gasteiger partial charge in [0.25, 0.3) is 0 Å². The van der Waals surface area contributed by atoms with Gasteiger partial charge in [-0.25, -0.2) is 0 Å². The van der Waals surface area contributed by atoms with Gasteiger partial charge in [-0.15, -0.1) is 0 Å². The Bertz CT molecular complexity index is 143. The fraction of sp³-hybridized carbons (Fsp3) is 1.00. The number of hydrogen-bond donors (Lipinski definition) is 1. The number of quaternary nitrogens is 1. The largest absolute Gasteiger partial charge is 0.331 e. The van der Waals surface area contributed by atoms with Gasteiger partial charge in [-0.2, -0.15) is 0 Å². The Morgan fingerprint density at radius 3 is 1.81 bits per heavy atom. The van der Waals surface area contributed by atoms with E-state index in [4.69, 9.17) is 0 Å². The first-order chi connectivity index (χ1) is 7.56. The molecule has 0 saturated heterocycles. The van der Waals surface area contributed by atoms with Crippen LogP contribution in [0.2, 0.25) is 0 Å². The second-order valence-electron chi connectivity index (χ2n) is 5.84. The standard InChI is InChI=1S/C13H33N2Si/c1-15(2,3)12-10-8-6-4-5-7-9-11-14-13-16/h14H,4-13H2,1-3,16H3/q+1. The van der Waals surface area contributed by atoms with E-state index in [-0.39, 0.29) is 0 Å². The molecule has 0 radical (unpaired) electrons. The zero-order valence-electron chi connectivity index (χ0n) is 12.0. The Balaban J connectivity index is 2.99. The van der Waals surface area contributed by atoms with Crippen LogP contribution in [-0.2, 0) is 0 Å². The lowest BCUT2D eigenvalue weighted by molar-refractivity contribution is -0.870. The molecule has 0 atom stereocenters. The van der Waals surface area contributed by atoms with Crippen molar-refractivity contribution < 1.29 is 4.48 Å². The van der Waals surface area contributed by atoms with Gasteiger partial charge in [0.2, 0.25) is 0 Å². The topological polar surface area (TPSA) is 12.0 Å². The van der Waals surface area contributed by atoms with Gasteiger partial charge < -0.3 is 9.80 Å². The highest BCUT2D eigenvalue weighted by molar-refractivity contribution is 6.08. The number of unbranched alkanes of at least 4 members (excludes halogenated alkanes) is 6. The van der Waals surface area contributed by atoms with Crippen molar-refractivity contribution in [2.24, 2.45) is 0 Å². The fourth-order valence-corrected chi connectivity index (χ4v) is 2.25. The summed E-state index contributed by atoms with van der Waals surface area (Å²) in [5, 5.41) is 3.44. The summed E-state index contributed by atoms with van der Waals surface area (Å²) in [6.07, 6.45) is 11.2. The lowest BCUT2D eigenvalue weighted by Crippen LogP contribution is -2.35. The maximum atomic E-state index is 3.44. The molecule has 16 heavy (non-hydrogen) atoms. The first kappa shape index (κ1) is 16.1. The molecular weight excluding hydrogens is 212 g/mol. The van der Waals surface area contributed by atoms with Crippen molar-refractivity contribution in [3.05, 3.63) is 0 Å². The van der Waals surface area contributed by atoms with E-state index >= 15 is 0 Å². The highest BCUT2D eigenvalue weighted by Crippen LogP contribution is 2.08. The predicted molar refractivity (Wildman–Crippen MR) is 78.0 cm³/mol. The Hall–Kier alpha value is 0.137. The minimum atomic E-state index is 1.12. The molecule has 1 N–H and O–H groups in total. The third-order valence-corrected chi connectivity index (χ3v) is 3.43. The van der Waals surface area contributed by atoms with Crippen molar-refractivity contribution >= 4 is 10.2 Å². The van der Waals surface area contributed by atoms with E-state index in [1.54, 1.807) is 0 Å². The van der Waals surface area contributed by atoms with E-state index in [1.165, 1.54) is 74.4 Å².